The lowest BCUT2D eigenvalue weighted by Crippen LogP contribution is -2.29. The molecule has 0 heterocycles. The van der Waals surface area contributed by atoms with Crippen LogP contribution in [-0.4, -0.2) is 18.0 Å². The van der Waals surface area contributed by atoms with E-state index in [1.807, 2.05) is 0 Å². The van der Waals surface area contributed by atoms with Gasteiger partial charge in [0.25, 0.3) is 0 Å². The highest BCUT2D eigenvalue weighted by Gasteiger charge is 2.56. The van der Waals surface area contributed by atoms with Crippen molar-refractivity contribution in [3.05, 3.63) is 0 Å². The molecule has 0 aromatic heterocycles. The molecular weight excluding hydrogens is 216 g/mol. The van der Waals surface area contributed by atoms with Crippen molar-refractivity contribution in [2.45, 2.75) is 24.9 Å². The average molecular weight is 221 g/mol. The zero-order chi connectivity index (χ0) is 10.6. The van der Waals surface area contributed by atoms with E-state index >= 15 is 0 Å². The first-order valence-electron chi connectivity index (χ1n) is 2.40. The lowest BCUT2D eigenvalue weighted by Gasteiger charge is -2.10. The fourth-order valence-electron chi connectivity index (χ4n) is 0. The maximum atomic E-state index is 10.9. The van der Waals surface area contributed by atoms with Gasteiger partial charge in [-0.05, 0) is 18.5 Å². The molecule has 0 bridgehead atoms. The molecule has 0 fully saturated rings. The van der Waals surface area contributed by atoms with Gasteiger partial charge in [-0.3, -0.25) is 0 Å². The Morgan fingerprint density at radius 3 is 1.08 bits per heavy atom. The summed E-state index contributed by atoms with van der Waals surface area (Å²) in [4.78, 5) is 0. The van der Waals surface area contributed by atoms with Gasteiger partial charge in [0.1, 0.15) is 0 Å². The molecule has 0 rings (SSSR count). The zero-order valence-electron chi connectivity index (χ0n) is 5.60. The van der Waals surface area contributed by atoms with Crippen LogP contribution < -0.4 is 0 Å². The Kier molecular flexibility index (Phi) is 5.66. The highest BCUT2D eigenvalue weighted by atomic mass is 35.5. The predicted octanol–water partition coefficient (Wildman–Crippen LogP) is 3.65. The van der Waals surface area contributed by atoms with Gasteiger partial charge in [0, 0.05) is 0 Å². The molecule has 0 amide bonds. The van der Waals surface area contributed by atoms with E-state index in [0.29, 0.717) is 0 Å². The van der Waals surface area contributed by atoms with Crippen molar-refractivity contribution in [3.8, 4) is 0 Å². The lowest BCUT2D eigenvalue weighted by atomic mass is 10.7. The quantitative estimate of drug-likeness (QED) is 0.432. The number of rotatable bonds is 0. The minimum atomic E-state index is -5.63. The van der Waals surface area contributed by atoms with Crippen molar-refractivity contribution in [1.29, 1.82) is 0 Å². The van der Waals surface area contributed by atoms with E-state index < -0.39 is 18.0 Å². The molecule has 0 aromatic carbocycles. The summed E-state index contributed by atoms with van der Waals surface area (Å²) >= 11 is 3.55. The van der Waals surface area contributed by atoms with E-state index in [9.17, 15) is 30.7 Å². The van der Waals surface area contributed by atoms with Gasteiger partial charge in [0.05, 0.1) is 0 Å². The molecule has 76 valence electrons. The minimum Gasteiger partial charge on any atom is -0.211 e. The first-order chi connectivity index (χ1) is 4.98. The lowest BCUT2D eigenvalue weighted by molar-refractivity contribution is -0.241. The first-order valence-corrected chi connectivity index (χ1v) is 2.78. The van der Waals surface area contributed by atoms with Crippen LogP contribution in [0, 0.1) is 0 Å². The van der Waals surface area contributed by atoms with E-state index in [1.165, 1.54) is 0 Å². The molecule has 0 N–H and O–H groups in total. The van der Waals surface area contributed by atoms with Gasteiger partial charge in [0.15, 0.2) is 0 Å². The molecule has 8 heteroatoms. The summed E-state index contributed by atoms with van der Waals surface area (Å²) in [5, 5.41) is -5.09. The van der Waals surface area contributed by atoms with Crippen LogP contribution in [0.25, 0.3) is 0 Å². The van der Waals surface area contributed by atoms with Crippen LogP contribution in [0.5, 0.6) is 0 Å². The van der Waals surface area contributed by atoms with Crippen molar-refractivity contribution >= 4 is 11.6 Å². The SMILES string of the molecule is CC(F)F.FC(F)(F)C(F)(F)Cl. The molecule has 0 unspecified atom stereocenters. The van der Waals surface area contributed by atoms with Gasteiger partial charge in [0.2, 0.25) is 6.43 Å². The maximum Gasteiger partial charge on any atom is 0.469 e. The van der Waals surface area contributed by atoms with Gasteiger partial charge < -0.3 is 0 Å². The third kappa shape index (κ3) is 9.80. The van der Waals surface area contributed by atoms with Gasteiger partial charge in [-0.1, -0.05) is 0 Å². The van der Waals surface area contributed by atoms with E-state index in [-0.39, 0.29) is 0 Å². The van der Waals surface area contributed by atoms with Crippen LogP contribution in [-0.2, 0) is 0 Å². The van der Waals surface area contributed by atoms with Crippen molar-refractivity contribution in [3.63, 3.8) is 0 Å². The van der Waals surface area contributed by atoms with Crippen molar-refractivity contribution in [2.75, 3.05) is 0 Å². The van der Waals surface area contributed by atoms with E-state index in [1.54, 1.807) is 0 Å². The molecule has 0 aliphatic rings. The van der Waals surface area contributed by atoms with Crippen LogP contribution in [0.15, 0.2) is 0 Å². The molecular formula is C4H4ClF7. The summed E-state index contributed by atoms with van der Waals surface area (Å²) in [5.41, 5.74) is 0. The third-order valence-electron chi connectivity index (χ3n) is 0.321. The monoisotopic (exact) mass is 220 g/mol. The van der Waals surface area contributed by atoms with Crippen LogP contribution in [0.2, 0.25) is 0 Å². The topological polar surface area (TPSA) is 0 Å². The summed E-state index contributed by atoms with van der Waals surface area (Å²) in [5.74, 6) is 0. The predicted molar refractivity (Wildman–Crippen MR) is 28.5 cm³/mol. The summed E-state index contributed by atoms with van der Waals surface area (Å²) in [7, 11) is 0. The van der Waals surface area contributed by atoms with E-state index in [4.69, 9.17) is 0 Å². The van der Waals surface area contributed by atoms with Crippen molar-refractivity contribution in [1.82, 2.24) is 0 Å². The molecule has 0 saturated heterocycles. The Balaban J connectivity index is 0. The highest BCUT2D eigenvalue weighted by molar-refractivity contribution is 6.22. The Bertz CT molecular complexity index is 96.8. The molecule has 0 aliphatic heterocycles. The summed E-state index contributed by atoms with van der Waals surface area (Å²) in [6, 6.07) is 0. The molecule has 0 spiro atoms. The fourth-order valence-corrected chi connectivity index (χ4v) is 0. The summed E-state index contributed by atoms with van der Waals surface area (Å²) < 4.78 is 74.4. The minimum absolute atomic E-state index is 0.833. The van der Waals surface area contributed by atoms with Gasteiger partial charge in [-0.15, -0.1) is 0 Å². The second kappa shape index (κ2) is 4.74. The van der Waals surface area contributed by atoms with Gasteiger partial charge >= 0.3 is 11.6 Å². The van der Waals surface area contributed by atoms with Crippen LogP contribution in [0.4, 0.5) is 30.7 Å². The summed E-state index contributed by atoms with van der Waals surface area (Å²) in [6.07, 6.45) is -7.80. The largest absolute Gasteiger partial charge is 0.469 e. The van der Waals surface area contributed by atoms with E-state index in [0.717, 1.165) is 6.92 Å². The second-order valence-corrected chi connectivity index (χ2v) is 1.99. The number of hydrogen-bond donors (Lipinski definition) is 0. The van der Waals surface area contributed by atoms with Crippen molar-refractivity contribution < 1.29 is 30.7 Å². The Labute approximate surface area is 68.3 Å². The number of halogens is 8. The average Bonchev–Trinajstić information content (AvgIpc) is 1.55. The molecule has 0 saturated carbocycles. The molecule has 0 atom stereocenters. The smallest absolute Gasteiger partial charge is 0.211 e. The normalized spacial score (nSPS) is 12.5. The first kappa shape index (κ1) is 14.3. The highest BCUT2D eigenvalue weighted by Crippen LogP contribution is 2.38. The molecule has 0 aliphatic carbocycles. The van der Waals surface area contributed by atoms with E-state index in [2.05, 4.69) is 11.6 Å². The number of alkyl halides is 8. The van der Waals surface area contributed by atoms with Crippen LogP contribution >= 0.6 is 11.6 Å². The van der Waals surface area contributed by atoms with Crippen LogP contribution in [0.1, 0.15) is 6.92 Å². The molecule has 0 aromatic rings. The molecule has 0 radical (unpaired) electrons. The Hall–Kier alpha value is -0.200. The Morgan fingerprint density at radius 2 is 1.08 bits per heavy atom. The standard InChI is InChI=1S/C2ClF5.C2H4F2/c3-1(4,5)2(6,7)8;1-2(3)4/h;2H,1H3. The van der Waals surface area contributed by atoms with Crippen molar-refractivity contribution in [2.24, 2.45) is 0 Å². The summed E-state index contributed by atoms with van der Waals surface area (Å²) in [6.45, 7) is 0.833. The molecule has 0 nitrogen and oxygen atoms in total. The zero-order valence-corrected chi connectivity index (χ0v) is 6.36. The Morgan fingerprint density at radius 1 is 1.00 bits per heavy atom. The maximum absolute atomic E-state index is 10.9. The fraction of sp³-hybridized carbons (Fsp3) is 1.00. The second-order valence-electron chi connectivity index (χ2n) is 1.51. The molecule has 12 heavy (non-hydrogen) atoms. The number of hydrogen-bond acceptors (Lipinski definition) is 0. The third-order valence-corrected chi connectivity index (χ3v) is 0.536. The van der Waals surface area contributed by atoms with Gasteiger partial charge in [-0.25, -0.2) is 8.78 Å². The van der Waals surface area contributed by atoms with Crippen LogP contribution in [0.3, 0.4) is 0 Å². The van der Waals surface area contributed by atoms with Gasteiger partial charge in [-0.2, -0.15) is 22.0 Å².